The normalized spacial score (nSPS) is 18.7. The molecule has 0 aromatic carbocycles. The number of halogens is 1. The molecule has 3 heterocycles. The molecule has 1 saturated heterocycles. The number of aromatic amines is 1. The van der Waals surface area contributed by atoms with Crippen LogP contribution < -0.4 is 0 Å². The van der Waals surface area contributed by atoms with E-state index >= 15 is 0 Å². The Balaban J connectivity index is 1.68. The van der Waals surface area contributed by atoms with Crippen LogP contribution in [0.3, 0.4) is 0 Å². The molecule has 22 heavy (non-hydrogen) atoms. The number of likely N-dealkylation sites (tertiary alicyclic amines) is 1. The molecular weight excluding hydrogens is 304 g/mol. The van der Waals surface area contributed by atoms with Gasteiger partial charge in [-0.2, -0.15) is 5.10 Å². The fourth-order valence-electron chi connectivity index (χ4n) is 2.91. The summed E-state index contributed by atoms with van der Waals surface area (Å²) in [6.45, 7) is 5.26. The Kier molecular flexibility index (Phi) is 4.20. The lowest BCUT2D eigenvalue weighted by Crippen LogP contribution is -2.40. The van der Waals surface area contributed by atoms with Crippen molar-refractivity contribution in [2.75, 3.05) is 13.1 Å². The molecule has 1 aliphatic heterocycles. The Morgan fingerprint density at radius 1 is 1.55 bits per heavy atom. The van der Waals surface area contributed by atoms with Gasteiger partial charge < -0.3 is 9.42 Å². The van der Waals surface area contributed by atoms with E-state index in [1.54, 1.807) is 6.92 Å². The number of rotatable bonds is 3. The average molecular weight is 323 g/mol. The summed E-state index contributed by atoms with van der Waals surface area (Å²) in [5.74, 6) is 0.354. The van der Waals surface area contributed by atoms with Gasteiger partial charge in [0.25, 0.3) is 0 Å². The van der Waals surface area contributed by atoms with Crippen LogP contribution in [0.15, 0.2) is 10.6 Å². The van der Waals surface area contributed by atoms with E-state index in [2.05, 4.69) is 21.4 Å². The standard InChI is InChI=1S/C15H19ClN4O2/c1-9-6-13(18-17-9)11-4-3-5-20(8-11)14(21)7-12-10(2)19-22-15(12)16/h6,11H,3-5,7-8H2,1-2H3,(H,17,18). The molecular formula is C15H19ClN4O2. The van der Waals surface area contributed by atoms with Crippen LogP contribution in [-0.2, 0) is 11.2 Å². The Labute approximate surface area is 133 Å². The summed E-state index contributed by atoms with van der Waals surface area (Å²) in [5, 5.41) is 11.3. The van der Waals surface area contributed by atoms with Crippen molar-refractivity contribution in [3.63, 3.8) is 0 Å². The molecule has 1 unspecified atom stereocenters. The maximum atomic E-state index is 12.5. The Morgan fingerprint density at radius 3 is 3.00 bits per heavy atom. The molecule has 2 aromatic heterocycles. The van der Waals surface area contributed by atoms with Crippen LogP contribution in [0.2, 0.25) is 5.22 Å². The Morgan fingerprint density at radius 2 is 2.36 bits per heavy atom. The summed E-state index contributed by atoms with van der Waals surface area (Å²) in [4.78, 5) is 14.4. The summed E-state index contributed by atoms with van der Waals surface area (Å²) in [6, 6.07) is 2.06. The highest BCUT2D eigenvalue weighted by molar-refractivity contribution is 6.29. The SMILES string of the molecule is Cc1cc(C2CCCN(C(=O)Cc3c(C)noc3Cl)C2)n[nH]1. The topological polar surface area (TPSA) is 75.0 Å². The molecule has 1 fully saturated rings. The van der Waals surface area contributed by atoms with Gasteiger partial charge in [0.1, 0.15) is 0 Å². The van der Waals surface area contributed by atoms with Crippen molar-refractivity contribution in [1.29, 1.82) is 0 Å². The molecule has 0 spiro atoms. The van der Waals surface area contributed by atoms with Crippen LogP contribution >= 0.6 is 11.6 Å². The third-order valence-electron chi connectivity index (χ3n) is 4.18. The van der Waals surface area contributed by atoms with Gasteiger partial charge in [0.05, 0.1) is 17.8 Å². The zero-order valence-electron chi connectivity index (χ0n) is 12.7. The number of hydrogen-bond acceptors (Lipinski definition) is 4. The number of nitrogens with zero attached hydrogens (tertiary/aromatic N) is 3. The zero-order chi connectivity index (χ0) is 15.7. The number of aryl methyl sites for hydroxylation is 2. The van der Waals surface area contributed by atoms with Gasteiger partial charge in [-0.1, -0.05) is 5.16 Å². The van der Waals surface area contributed by atoms with Crippen LogP contribution in [-0.4, -0.2) is 39.3 Å². The molecule has 3 rings (SSSR count). The number of amides is 1. The summed E-state index contributed by atoms with van der Waals surface area (Å²) in [7, 11) is 0. The van der Waals surface area contributed by atoms with E-state index in [-0.39, 0.29) is 17.5 Å². The van der Waals surface area contributed by atoms with E-state index in [4.69, 9.17) is 16.1 Å². The van der Waals surface area contributed by atoms with Gasteiger partial charge >= 0.3 is 0 Å². The first kappa shape index (κ1) is 15.1. The first-order valence-corrected chi connectivity index (χ1v) is 7.82. The minimum atomic E-state index is 0.0603. The lowest BCUT2D eigenvalue weighted by molar-refractivity contribution is -0.131. The van der Waals surface area contributed by atoms with Crippen LogP contribution in [0.1, 0.15) is 41.4 Å². The average Bonchev–Trinajstić information content (AvgIpc) is 3.08. The summed E-state index contributed by atoms with van der Waals surface area (Å²) in [6.07, 6.45) is 2.28. The number of piperidine rings is 1. The zero-order valence-corrected chi connectivity index (χ0v) is 13.5. The smallest absolute Gasteiger partial charge is 0.229 e. The number of aromatic nitrogens is 3. The van der Waals surface area contributed by atoms with Gasteiger partial charge in [-0.15, -0.1) is 0 Å². The minimum absolute atomic E-state index is 0.0603. The molecule has 1 atom stereocenters. The van der Waals surface area contributed by atoms with E-state index in [1.165, 1.54) is 0 Å². The van der Waals surface area contributed by atoms with E-state index < -0.39 is 0 Å². The van der Waals surface area contributed by atoms with Gasteiger partial charge in [0.2, 0.25) is 11.1 Å². The second kappa shape index (κ2) is 6.12. The van der Waals surface area contributed by atoms with E-state index in [1.807, 2.05) is 11.8 Å². The van der Waals surface area contributed by atoms with Crippen molar-refractivity contribution in [3.8, 4) is 0 Å². The van der Waals surface area contributed by atoms with Crippen molar-refractivity contribution >= 4 is 17.5 Å². The predicted molar refractivity (Wildman–Crippen MR) is 81.8 cm³/mol. The largest absolute Gasteiger partial charge is 0.344 e. The van der Waals surface area contributed by atoms with Gasteiger partial charge in [-0.3, -0.25) is 9.89 Å². The van der Waals surface area contributed by atoms with Gasteiger partial charge in [0, 0.05) is 30.3 Å². The molecule has 1 N–H and O–H groups in total. The molecule has 7 heteroatoms. The van der Waals surface area contributed by atoms with Crippen molar-refractivity contribution in [2.24, 2.45) is 0 Å². The molecule has 118 valence electrons. The highest BCUT2D eigenvalue weighted by Gasteiger charge is 2.27. The minimum Gasteiger partial charge on any atom is -0.344 e. The van der Waals surface area contributed by atoms with Gasteiger partial charge in [-0.25, -0.2) is 0 Å². The van der Waals surface area contributed by atoms with Crippen molar-refractivity contribution in [3.05, 3.63) is 33.9 Å². The number of carbonyl (C=O) groups is 1. The highest BCUT2D eigenvalue weighted by Crippen LogP contribution is 2.27. The van der Waals surface area contributed by atoms with E-state index in [9.17, 15) is 4.79 Å². The maximum Gasteiger partial charge on any atom is 0.229 e. The van der Waals surface area contributed by atoms with Crippen LogP contribution in [0.5, 0.6) is 0 Å². The molecule has 0 radical (unpaired) electrons. The fourth-order valence-corrected chi connectivity index (χ4v) is 3.15. The van der Waals surface area contributed by atoms with Crippen molar-refractivity contribution < 1.29 is 9.32 Å². The van der Waals surface area contributed by atoms with Crippen LogP contribution in [0.4, 0.5) is 0 Å². The molecule has 0 aliphatic carbocycles. The Bertz CT molecular complexity index is 659. The highest BCUT2D eigenvalue weighted by atomic mass is 35.5. The first-order valence-electron chi connectivity index (χ1n) is 7.45. The molecule has 0 saturated carbocycles. The lowest BCUT2D eigenvalue weighted by atomic mass is 9.94. The number of H-pyrrole nitrogens is 1. The third kappa shape index (κ3) is 3.02. The number of nitrogens with one attached hydrogen (secondary N) is 1. The summed E-state index contributed by atoms with van der Waals surface area (Å²) < 4.78 is 4.91. The van der Waals surface area contributed by atoms with Gasteiger partial charge in [0.15, 0.2) is 0 Å². The molecule has 1 amide bonds. The molecule has 2 aromatic rings. The molecule has 0 bridgehead atoms. The predicted octanol–water partition coefficient (Wildman–Crippen LogP) is 2.62. The second-order valence-corrected chi connectivity index (χ2v) is 6.20. The maximum absolute atomic E-state index is 12.5. The van der Waals surface area contributed by atoms with Gasteiger partial charge in [-0.05, 0) is 44.4 Å². The molecule has 6 nitrogen and oxygen atoms in total. The third-order valence-corrected chi connectivity index (χ3v) is 4.48. The van der Waals surface area contributed by atoms with E-state index in [0.29, 0.717) is 23.7 Å². The number of hydrogen-bond donors (Lipinski definition) is 1. The first-order chi connectivity index (χ1) is 10.5. The Hall–Kier alpha value is -1.82. The van der Waals surface area contributed by atoms with E-state index in [0.717, 1.165) is 30.8 Å². The van der Waals surface area contributed by atoms with Crippen LogP contribution in [0, 0.1) is 13.8 Å². The molecule has 1 aliphatic rings. The number of carbonyl (C=O) groups excluding carboxylic acids is 1. The second-order valence-electron chi connectivity index (χ2n) is 5.85. The quantitative estimate of drug-likeness (QED) is 0.942. The van der Waals surface area contributed by atoms with Crippen molar-refractivity contribution in [2.45, 2.75) is 39.0 Å². The summed E-state index contributed by atoms with van der Waals surface area (Å²) >= 11 is 5.94. The monoisotopic (exact) mass is 322 g/mol. The lowest BCUT2D eigenvalue weighted by Gasteiger charge is -2.32. The summed E-state index contributed by atoms with van der Waals surface area (Å²) in [5.41, 5.74) is 3.44. The fraction of sp³-hybridized carbons (Fsp3) is 0.533. The van der Waals surface area contributed by atoms with Crippen LogP contribution in [0.25, 0.3) is 0 Å². The van der Waals surface area contributed by atoms with Crippen molar-refractivity contribution in [1.82, 2.24) is 20.3 Å².